The van der Waals surface area contributed by atoms with Crippen LogP contribution in [0.1, 0.15) is 5.76 Å². The molecule has 0 radical (unpaired) electrons. The molecule has 37 heavy (non-hydrogen) atoms. The Kier molecular flexibility index (Phi) is 7.25. The third-order valence-corrected chi connectivity index (χ3v) is 6.16. The van der Waals surface area contributed by atoms with Crippen molar-refractivity contribution in [2.24, 2.45) is 0 Å². The zero-order valence-corrected chi connectivity index (χ0v) is 21.9. The molecular formula is C26H16Cl3N5O2S. The summed E-state index contributed by atoms with van der Waals surface area (Å²) < 4.78 is 5.76. The Morgan fingerprint density at radius 1 is 0.892 bits per heavy atom. The molecule has 0 saturated heterocycles. The molecule has 7 nitrogen and oxygen atoms in total. The van der Waals surface area contributed by atoms with Crippen LogP contribution >= 0.6 is 47.0 Å². The highest BCUT2D eigenvalue weighted by Crippen LogP contribution is 2.31. The Morgan fingerprint density at radius 2 is 1.65 bits per heavy atom. The van der Waals surface area contributed by atoms with Crippen molar-refractivity contribution >= 4 is 80.8 Å². The van der Waals surface area contributed by atoms with Crippen LogP contribution in [0.3, 0.4) is 0 Å². The number of benzene rings is 3. The Balaban J connectivity index is 1.20. The van der Waals surface area contributed by atoms with Crippen molar-refractivity contribution in [3.8, 4) is 17.0 Å². The number of thiocarbonyl (C=S) groups is 1. The molecule has 0 spiro atoms. The smallest absolute Gasteiger partial charge is 0.250 e. The maximum atomic E-state index is 12.3. The van der Waals surface area contributed by atoms with Gasteiger partial charge in [-0.2, -0.15) is 4.80 Å². The maximum Gasteiger partial charge on any atom is 0.250 e. The summed E-state index contributed by atoms with van der Waals surface area (Å²) in [4.78, 5) is 13.9. The lowest BCUT2D eigenvalue weighted by atomic mass is 10.2. The third kappa shape index (κ3) is 6.00. The van der Waals surface area contributed by atoms with E-state index >= 15 is 0 Å². The molecule has 5 rings (SSSR count). The molecular weight excluding hydrogens is 553 g/mol. The van der Waals surface area contributed by atoms with Gasteiger partial charge in [0.15, 0.2) is 5.11 Å². The lowest BCUT2D eigenvalue weighted by molar-refractivity contribution is -0.115. The van der Waals surface area contributed by atoms with Crippen molar-refractivity contribution in [1.29, 1.82) is 0 Å². The third-order valence-electron chi connectivity index (χ3n) is 5.15. The Hall–Kier alpha value is -3.69. The molecule has 0 aliphatic heterocycles. The van der Waals surface area contributed by atoms with Gasteiger partial charge in [0.05, 0.1) is 10.7 Å². The van der Waals surface area contributed by atoms with Crippen LogP contribution in [-0.4, -0.2) is 26.0 Å². The number of rotatable bonds is 5. The summed E-state index contributed by atoms with van der Waals surface area (Å²) in [7, 11) is 0. The van der Waals surface area contributed by atoms with Crippen LogP contribution < -0.4 is 10.6 Å². The summed E-state index contributed by atoms with van der Waals surface area (Å²) in [5.74, 6) is 0.612. The number of aromatic nitrogens is 3. The summed E-state index contributed by atoms with van der Waals surface area (Å²) in [5, 5.41) is 16.3. The zero-order chi connectivity index (χ0) is 25.9. The average molecular weight is 569 g/mol. The number of carbonyl (C=O) groups is 1. The van der Waals surface area contributed by atoms with Gasteiger partial charge in [-0.25, -0.2) is 0 Å². The van der Waals surface area contributed by atoms with Crippen LogP contribution in [0.4, 0.5) is 5.69 Å². The molecule has 0 aliphatic carbocycles. The van der Waals surface area contributed by atoms with Gasteiger partial charge in [-0.3, -0.25) is 10.1 Å². The van der Waals surface area contributed by atoms with Crippen molar-refractivity contribution in [1.82, 2.24) is 20.3 Å². The summed E-state index contributed by atoms with van der Waals surface area (Å²) in [6, 6.07) is 21.2. The van der Waals surface area contributed by atoms with Crippen molar-refractivity contribution < 1.29 is 9.21 Å². The van der Waals surface area contributed by atoms with Crippen molar-refractivity contribution in [2.45, 2.75) is 0 Å². The SMILES string of the molecule is O=C(/C=C/c1ccc(-c2ccc(Cl)cc2Cl)o1)NC(=S)Nc1ccc2nn(-c3ccc(Cl)cc3)nc2c1. The first-order valence-corrected chi connectivity index (χ1v) is 12.4. The number of nitrogens with zero attached hydrogens (tertiary/aromatic N) is 3. The van der Waals surface area contributed by atoms with E-state index in [9.17, 15) is 4.79 Å². The van der Waals surface area contributed by atoms with Crippen molar-refractivity contribution in [3.05, 3.63) is 99.7 Å². The molecule has 3 aromatic carbocycles. The normalized spacial score (nSPS) is 11.2. The minimum Gasteiger partial charge on any atom is -0.457 e. The number of anilines is 1. The fraction of sp³-hybridized carbons (Fsp3) is 0. The van der Waals surface area contributed by atoms with E-state index in [4.69, 9.17) is 51.4 Å². The van der Waals surface area contributed by atoms with E-state index in [1.807, 2.05) is 18.2 Å². The highest BCUT2D eigenvalue weighted by atomic mass is 35.5. The predicted molar refractivity (Wildman–Crippen MR) is 151 cm³/mol. The second-order valence-electron chi connectivity index (χ2n) is 7.77. The minimum absolute atomic E-state index is 0.132. The van der Waals surface area contributed by atoms with Gasteiger partial charge in [0.2, 0.25) is 5.91 Å². The molecule has 0 saturated carbocycles. The molecule has 2 aromatic heterocycles. The Labute approximate surface area is 231 Å². The van der Waals surface area contributed by atoms with E-state index in [1.54, 1.807) is 54.6 Å². The lowest BCUT2D eigenvalue weighted by Gasteiger charge is -2.07. The zero-order valence-electron chi connectivity index (χ0n) is 18.8. The molecule has 2 heterocycles. The van der Waals surface area contributed by atoms with Crippen LogP contribution in [0.25, 0.3) is 34.1 Å². The van der Waals surface area contributed by atoms with Gasteiger partial charge < -0.3 is 9.73 Å². The number of nitrogens with one attached hydrogen (secondary N) is 2. The molecule has 0 bridgehead atoms. The molecule has 2 N–H and O–H groups in total. The van der Waals surface area contributed by atoms with E-state index < -0.39 is 5.91 Å². The number of amides is 1. The van der Waals surface area contributed by atoms with Gasteiger partial charge in [-0.05, 0) is 91.1 Å². The van der Waals surface area contributed by atoms with Gasteiger partial charge in [0.25, 0.3) is 0 Å². The molecule has 0 fully saturated rings. The molecule has 11 heteroatoms. The highest BCUT2D eigenvalue weighted by Gasteiger charge is 2.10. The van der Waals surface area contributed by atoms with Crippen molar-refractivity contribution in [2.75, 3.05) is 5.32 Å². The Bertz CT molecular complexity index is 1660. The summed E-state index contributed by atoms with van der Waals surface area (Å²) in [5.41, 5.74) is 3.50. The largest absolute Gasteiger partial charge is 0.457 e. The lowest BCUT2D eigenvalue weighted by Crippen LogP contribution is -2.32. The monoisotopic (exact) mass is 567 g/mol. The number of carbonyl (C=O) groups excluding carboxylic acids is 1. The Morgan fingerprint density at radius 3 is 2.43 bits per heavy atom. The van der Waals surface area contributed by atoms with Crippen LogP contribution in [-0.2, 0) is 4.79 Å². The minimum atomic E-state index is -0.422. The second-order valence-corrected chi connectivity index (χ2v) is 9.46. The van der Waals surface area contributed by atoms with E-state index in [2.05, 4.69) is 20.8 Å². The molecule has 5 aromatic rings. The summed E-state index contributed by atoms with van der Waals surface area (Å²) >= 11 is 23.4. The predicted octanol–water partition coefficient (Wildman–Crippen LogP) is 7.17. The number of hydrogen-bond donors (Lipinski definition) is 2. The van der Waals surface area contributed by atoms with E-state index in [0.29, 0.717) is 48.9 Å². The van der Waals surface area contributed by atoms with Gasteiger partial charge >= 0.3 is 0 Å². The standard InChI is InChI=1S/C26H16Cl3N5O2S/c27-15-1-5-18(6-2-15)34-32-22-10-4-17(14-23(22)33-34)30-26(37)31-25(35)12-8-19-7-11-24(36-19)20-9-3-16(28)13-21(20)29/h1-14H,(H2,30,31,35,37)/b12-8+. The number of hydrogen-bond acceptors (Lipinski definition) is 5. The fourth-order valence-corrected chi connectivity index (χ4v) is 4.28. The average Bonchev–Trinajstić information content (AvgIpc) is 3.50. The first-order valence-electron chi connectivity index (χ1n) is 10.8. The maximum absolute atomic E-state index is 12.3. The number of fused-ring (bicyclic) bond motifs is 1. The van der Waals surface area contributed by atoms with Crippen LogP contribution in [0.15, 0.2) is 83.3 Å². The van der Waals surface area contributed by atoms with Crippen LogP contribution in [0, 0.1) is 0 Å². The van der Waals surface area contributed by atoms with Crippen LogP contribution in [0.5, 0.6) is 0 Å². The van der Waals surface area contributed by atoms with Gasteiger partial charge in [-0.15, -0.1) is 10.2 Å². The van der Waals surface area contributed by atoms with E-state index in [1.165, 1.54) is 16.9 Å². The fourth-order valence-electron chi connectivity index (χ4n) is 3.43. The second kappa shape index (κ2) is 10.7. The molecule has 0 atom stereocenters. The molecule has 0 aliphatic rings. The molecule has 0 unspecified atom stereocenters. The highest BCUT2D eigenvalue weighted by molar-refractivity contribution is 7.80. The van der Waals surface area contributed by atoms with Gasteiger partial charge in [0, 0.05) is 27.4 Å². The summed E-state index contributed by atoms with van der Waals surface area (Å²) in [6.07, 6.45) is 2.85. The van der Waals surface area contributed by atoms with Crippen molar-refractivity contribution in [3.63, 3.8) is 0 Å². The van der Waals surface area contributed by atoms with E-state index in [-0.39, 0.29) is 5.11 Å². The summed E-state index contributed by atoms with van der Waals surface area (Å²) in [6.45, 7) is 0. The quantitative estimate of drug-likeness (QED) is 0.173. The van der Waals surface area contributed by atoms with Crippen LogP contribution in [0.2, 0.25) is 15.1 Å². The van der Waals surface area contributed by atoms with Gasteiger partial charge in [-0.1, -0.05) is 34.8 Å². The first kappa shape index (κ1) is 25.0. The number of halogens is 3. The molecule has 1 amide bonds. The number of furan rings is 1. The topological polar surface area (TPSA) is 85.0 Å². The van der Waals surface area contributed by atoms with E-state index in [0.717, 1.165) is 5.69 Å². The first-order chi connectivity index (χ1) is 17.8. The van der Waals surface area contributed by atoms with Gasteiger partial charge in [0.1, 0.15) is 22.6 Å². The molecule has 184 valence electrons.